The molecule has 0 amide bonds. The van der Waals surface area contributed by atoms with Gasteiger partial charge in [-0.1, -0.05) is 11.6 Å². The molecule has 0 aromatic heterocycles. The van der Waals surface area contributed by atoms with Crippen LogP contribution in [-0.2, 0) is 4.74 Å². The van der Waals surface area contributed by atoms with Gasteiger partial charge in [-0.05, 0) is 13.8 Å². The maximum Gasteiger partial charge on any atom is 0.130 e. The molecule has 0 aliphatic heterocycles. The van der Waals surface area contributed by atoms with Crippen LogP contribution in [0.5, 0.6) is 0 Å². The van der Waals surface area contributed by atoms with E-state index in [9.17, 15) is 0 Å². The number of hydrogen-bond donors (Lipinski definition) is 1. The fourth-order valence-electron chi connectivity index (χ4n) is 0.401. The average Bonchev–Trinajstić information content (AvgIpc) is 1.63. The van der Waals surface area contributed by atoms with Crippen molar-refractivity contribution >= 4 is 11.6 Å². The highest BCUT2D eigenvalue weighted by Crippen LogP contribution is 1.98. The predicted octanol–water partition coefficient (Wildman–Crippen LogP) is 1.36. The third-order valence-electron chi connectivity index (χ3n) is 0.807. The number of alkyl halides is 1. The van der Waals surface area contributed by atoms with Crippen molar-refractivity contribution in [2.45, 2.75) is 31.9 Å². The molecule has 0 fully saturated rings. The van der Waals surface area contributed by atoms with Crippen LogP contribution in [0.2, 0.25) is 0 Å². The highest BCUT2D eigenvalue weighted by atomic mass is 35.5. The van der Waals surface area contributed by atoms with Gasteiger partial charge in [-0.25, -0.2) is 0 Å². The summed E-state index contributed by atoms with van der Waals surface area (Å²) in [5, 5.41) is 8.55. The summed E-state index contributed by atoms with van der Waals surface area (Å²) >= 11 is 5.24. The van der Waals surface area contributed by atoms with Crippen LogP contribution in [-0.4, -0.2) is 23.4 Å². The zero-order chi connectivity index (χ0) is 7.28. The summed E-state index contributed by atoms with van der Waals surface area (Å²) in [6.07, 6.45) is 0.722. The van der Waals surface area contributed by atoms with Crippen LogP contribution in [0.15, 0.2) is 0 Å². The Morgan fingerprint density at radius 1 is 1.56 bits per heavy atom. The molecule has 9 heavy (non-hydrogen) atoms. The molecule has 0 radical (unpaired) electrons. The zero-order valence-electron chi connectivity index (χ0n) is 5.80. The molecular formula is C6H13ClO2. The third kappa shape index (κ3) is 8.21. The van der Waals surface area contributed by atoms with Gasteiger partial charge in [0, 0.05) is 6.42 Å². The molecule has 0 saturated heterocycles. The molecule has 56 valence electrons. The van der Waals surface area contributed by atoms with Crippen LogP contribution >= 0.6 is 11.6 Å². The largest absolute Gasteiger partial charge is 0.379 e. The molecule has 0 bridgehead atoms. The fourth-order valence-corrected chi connectivity index (χ4v) is 0.490. The first-order chi connectivity index (χ1) is 4.13. The van der Waals surface area contributed by atoms with Gasteiger partial charge < -0.3 is 9.84 Å². The molecule has 0 rings (SSSR count). The van der Waals surface area contributed by atoms with Gasteiger partial charge in [0.05, 0.1) is 12.7 Å². The molecule has 3 heteroatoms. The lowest BCUT2D eigenvalue weighted by molar-refractivity contribution is 0.0620. The van der Waals surface area contributed by atoms with Crippen LogP contribution in [0.4, 0.5) is 0 Å². The molecule has 0 aromatic rings. The van der Waals surface area contributed by atoms with Crippen molar-refractivity contribution in [2.24, 2.45) is 0 Å². The Morgan fingerprint density at radius 2 is 2.11 bits per heavy atom. The maximum absolute atomic E-state index is 8.55. The SMILES string of the molecule is CC(C)OCCC(O)Cl. The van der Waals surface area contributed by atoms with Gasteiger partial charge in [0.25, 0.3) is 0 Å². The number of ether oxygens (including phenoxy) is 1. The topological polar surface area (TPSA) is 29.5 Å². The third-order valence-corrected chi connectivity index (χ3v) is 1.03. The molecule has 0 aromatic carbocycles. The lowest BCUT2D eigenvalue weighted by Gasteiger charge is -2.06. The molecule has 0 aliphatic rings. The molecule has 1 unspecified atom stereocenters. The van der Waals surface area contributed by atoms with Gasteiger partial charge in [0.15, 0.2) is 0 Å². The van der Waals surface area contributed by atoms with E-state index in [2.05, 4.69) is 0 Å². The van der Waals surface area contributed by atoms with Gasteiger partial charge in [0.1, 0.15) is 5.56 Å². The number of aliphatic hydroxyl groups is 1. The number of rotatable bonds is 4. The molecule has 2 nitrogen and oxygen atoms in total. The van der Waals surface area contributed by atoms with Gasteiger partial charge in [0.2, 0.25) is 0 Å². The predicted molar refractivity (Wildman–Crippen MR) is 37.6 cm³/mol. The van der Waals surface area contributed by atoms with Crippen molar-refractivity contribution in [2.75, 3.05) is 6.61 Å². The molecule has 1 N–H and O–H groups in total. The molecule has 0 heterocycles. The second-order valence-electron chi connectivity index (χ2n) is 2.14. The van der Waals surface area contributed by atoms with Gasteiger partial charge >= 0.3 is 0 Å². The lowest BCUT2D eigenvalue weighted by atomic mass is 10.4. The normalized spacial score (nSPS) is 14.3. The van der Waals surface area contributed by atoms with Crippen LogP contribution < -0.4 is 0 Å². The highest BCUT2D eigenvalue weighted by molar-refractivity contribution is 6.19. The second-order valence-corrected chi connectivity index (χ2v) is 2.65. The summed E-state index contributed by atoms with van der Waals surface area (Å²) in [5.74, 6) is 0. The van der Waals surface area contributed by atoms with Crippen molar-refractivity contribution < 1.29 is 9.84 Å². The summed E-state index contributed by atoms with van der Waals surface area (Å²) in [4.78, 5) is 0. The van der Waals surface area contributed by atoms with Gasteiger partial charge in [-0.2, -0.15) is 0 Å². The first kappa shape index (κ1) is 9.21. The van der Waals surface area contributed by atoms with E-state index in [4.69, 9.17) is 21.4 Å². The summed E-state index contributed by atoms with van der Waals surface area (Å²) in [6.45, 7) is 4.42. The van der Waals surface area contributed by atoms with E-state index in [0.717, 1.165) is 0 Å². The Balaban J connectivity index is 2.91. The minimum Gasteiger partial charge on any atom is -0.379 e. The average molecular weight is 153 g/mol. The Hall–Kier alpha value is 0.210. The monoisotopic (exact) mass is 152 g/mol. The Morgan fingerprint density at radius 3 is 2.44 bits per heavy atom. The summed E-state index contributed by atoms with van der Waals surface area (Å²) < 4.78 is 5.11. The number of hydrogen-bond acceptors (Lipinski definition) is 2. The van der Waals surface area contributed by atoms with E-state index in [1.165, 1.54) is 0 Å². The Kier molecular flexibility index (Phi) is 5.15. The van der Waals surface area contributed by atoms with Crippen molar-refractivity contribution in [3.63, 3.8) is 0 Å². The first-order valence-electron chi connectivity index (χ1n) is 3.06. The van der Waals surface area contributed by atoms with E-state index < -0.39 is 5.56 Å². The molecular weight excluding hydrogens is 140 g/mol. The van der Waals surface area contributed by atoms with E-state index in [1.54, 1.807) is 0 Å². The van der Waals surface area contributed by atoms with Crippen molar-refractivity contribution in [1.82, 2.24) is 0 Å². The van der Waals surface area contributed by atoms with Crippen LogP contribution in [0.25, 0.3) is 0 Å². The minimum atomic E-state index is -0.760. The van der Waals surface area contributed by atoms with Crippen LogP contribution in [0.1, 0.15) is 20.3 Å². The quantitative estimate of drug-likeness (QED) is 0.617. The van der Waals surface area contributed by atoms with E-state index in [-0.39, 0.29) is 6.10 Å². The zero-order valence-corrected chi connectivity index (χ0v) is 6.56. The molecule has 1 atom stereocenters. The van der Waals surface area contributed by atoms with Crippen molar-refractivity contribution in [1.29, 1.82) is 0 Å². The van der Waals surface area contributed by atoms with E-state index >= 15 is 0 Å². The van der Waals surface area contributed by atoms with E-state index in [1.807, 2.05) is 13.8 Å². The Bertz CT molecular complexity index is 56.1. The highest BCUT2D eigenvalue weighted by Gasteiger charge is 1.98. The Labute approximate surface area is 60.8 Å². The van der Waals surface area contributed by atoms with Crippen LogP contribution in [0, 0.1) is 0 Å². The summed E-state index contributed by atoms with van der Waals surface area (Å²) in [7, 11) is 0. The molecule has 0 aliphatic carbocycles. The standard InChI is InChI=1S/C6H13ClO2/c1-5(2)9-4-3-6(7)8/h5-6,8H,3-4H2,1-2H3. The summed E-state index contributed by atoms with van der Waals surface area (Å²) in [5.41, 5.74) is -0.760. The van der Waals surface area contributed by atoms with E-state index in [0.29, 0.717) is 13.0 Å². The fraction of sp³-hybridized carbons (Fsp3) is 1.00. The first-order valence-corrected chi connectivity index (χ1v) is 3.50. The van der Waals surface area contributed by atoms with Crippen molar-refractivity contribution in [3.05, 3.63) is 0 Å². The van der Waals surface area contributed by atoms with Gasteiger partial charge in [-0.15, -0.1) is 0 Å². The minimum absolute atomic E-state index is 0.223. The molecule has 0 spiro atoms. The number of aliphatic hydroxyl groups excluding tert-OH is 1. The lowest BCUT2D eigenvalue weighted by Crippen LogP contribution is -2.08. The smallest absolute Gasteiger partial charge is 0.130 e. The second kappa shape index (κ2) is 5.03. The summed E-state index contributed by atoms with van der Waals surface area (Å²) in [6, 6.07) is 0. The molecule has 0 saturated carbocycles. The number of halogens is 1. The maximum atomic E-state index is 8.55. The van der Waals surface area contributed by atoms with Crippen LogP contribution in [0.3, 0.4) is 0 Å². The van der Waals surface area contributed by atoms with Crippen molar-refractivity contribution in [3.8, 4) is 0 Å². The van der Waals surface area contributed by atoms with Gasteiger partial charge in [-0.3, -0.25) is 0 Å².